The van der Waals surface area contributed by atoms with E-state index in [0.717, 1.165) is 25.7 Å². The summed E-state index contributed by atoms with van der Waals surface area (Å²) in [6, 6.07) is 1.61. The highest BCUT2D eigenvalue weighted by molar-refractivity contribution is 5.94. The van der Waals surface area contributed by atoms with Crippen LogP contribution in [0.3, 0.4) is 0 Å². The fraction of sp³-hybridized carbons (Fsp3) is 0.545. The lowest BCUT2D eigenvalue weighted by molar-refractivity contribution is 0.0838. The van der Waals surface area contributed by atoms with Crippen molar-refractivity contribution in [2.24, 2.45) is 0 Å². The maximum atomic E-state index is 11.9. The first-order valence-electron chi connectivity index (χ1n) is 5.46. The van der Waals surface area contributed by atoms with E-state index in [1.807, 2.05) is 0 Å². The van der Waals surface area contributed by atoms with Crippen molar-refractivity contribution < 1.29 is 9.90 Å². The summed E-state index contributed by atoms with van der Waals surface area (Å²) in [5.74, 6) is -0.189. The summed E-state index contributed by atoms with van der Waals surface area (Å²) >= 11 is 0. The van der Waals surface area contributed by atoms with Crippen LogP contribution in [0, 0.1) is 0 Å². The fourth-order valence-corrected chi connectivity index (χ4v) is 2.11. The Morgan fingerprint density at radius 1 is 1.44 bits per heavy atom. The smallest absolute Gasteiger partial charge is 0.253 e. The average Bonchev–Trinajstić information content (AvgIpc) is 2.79. The zero-order valence-corrected chi connectivity index (χ0v) is 9.02. The molecule has 1 aliphatic carbocycles. The Bertz CT molecular complexity index is 361. The van der Waals surface area contributed by atoms with Crippen LogP contribution in [0.1, 0.15) is 36.0 Å². The van der Waals surface area contributed by atoms with Crippen LogP contribution >= 0.6 is 0 Å². The molecule has 0 unspecified atom stereocenters. The van der Waals surface area contributed by atoms with Gasteiger partial charge in [-0.1, -0.05) is 12.8 Å². The van der Waals surface area contributed by atoms with E-state index in [1.165, 1.54) is 12.4 Å². The average molecular weight is 221 g/mol. The normalized spacial score (nSPS) is 18.3. The molecule has 5 nitrogen and oxygen atoms in total. The standard InChI is InChI=1S/C11H15N3O2/c15-8-11(4-1-2-5-11)14-10(16)9-3-6-12-13-7-9/h3,6-7,15H,1-2,4-5,8H2,(H,14,16). The van der Waals surface area contributed by atoms with Crippen molar-refractivity contribution in [3.05, 3.63) is 24.0 Å². The van der Waals surface area contributed by atoms with E-state index in [9.17, 15) is 9.90 Å². The molecule has 16 heavy (non-hydrogen) atoms. The van der Waals surface area contributed by atoms with Crippen LogP contribution in [0.2, 0.25) is 0 Å². The van der Waals surface area contributed by atoms with Gasteiger partial charge in [0.2, 0.25) is 0 Å². The number of nitrogens with zero attached hydrogens (tertiary/aromatic N) is 2. The second-order valence-corrected chi connectivity index (χ2v) is 4.23. The summed E-state index contributed by atoms with van der Waals surface area (Å²) in [6.45, 7) is -0.00273. The van der Waals surface area contributed by atoms with Gasteiger partial charge < -0.3 is 10.4 Å². The molecule has 0 saturated heterocycles. The van der Waals surface area contributed by atoms with Crippen molar-refractivity contribution in [3.8, 4) is 0 Å². The molecule has 1 aliphatic rings. The van der Waals surface area contributed by atoms with Gasteiger partial charge in [0.15, 0.2) is 0 Å². The minimum atomic E-state index is -0.430. The third kappa shape index (κ3) is 2.19. The van der Waals surface area contributed by atoms with Crippen LogP contribution in [-0.2, 0) is 0 Å². The minimum Gasteiger partial charge on any atom is -0.394 e. The van der Waals surface area contributed by atoms with Crippen molar-refractivity contribution in [2.45, 2.75) is 31.2 Å². The Morgan fingerprint density at radius 2 is 2.19 bits per heavy atom. The van der Waals surface area contributed by atoms with Gasteiger partial charge >= 0.3 is 0 Å². The predicted octanol–water partition coefficient (Wildman–Crippen LogP) is 0.511. The highest BCUT2D eigenvalue weighted by atomic mass is 16.3. The molecule has 0 aromatic carbocycles. The van der Waals surface area contributed by atoms with E-state index in [2.05, 4.69) is 15.5 Å². The van der Waals surface area contributed by atoms with E-state index in [1.54, 1.807) is 6.07 Å². The van der Waals surface area contributed by atoms with Gasteiger partial charge in [0.25, 0.3) is 5.91 Å². The molecule has 5 heteroatoms. The van der Waals surface area contributed by atoms with Crippen molar-refractivity contribution in [1.82, 2.24) is 15.5 Å². The van der Waals surface area contributed by atoms with Gasteiger partial charge in [-0.3, -0.25) is 4.79 Å². The minimum absolute atomic E-state index is 0.00273. The number of carbonyl (C=O) groups is 1. The van der Waals surface area contributed by atoms with E-state index < -0.39 is 5.54 Å². The molecule has 1 aromatic rings. The Labute approximate surface area is 93.9 Å². The summed E-state index contributed by atoms with van der Waals surface area (Å²) < 4.78 is 0. The Kier molecular flexibility index (Phi) is 3.14. The third-order valence-electron chi connectivity index (χ3n) is 3.09. The Hall–Kier alpha value is -1.49. The number of aliphatic hydroxyl groups is 1. The fourth-order valence-electron chi connectivity index (χ4n) is 2.11. The molecule has 0 bridgehead atoms. The highest BCUT2D eigenvalue weighted by Crippen LogP contribution is 2.29. The lowest BCUT2D eigenvalue weighted by Crippen LogP contribution is -2.49. The molecule has 0 aliphatic heterocycles. The third-order valence-corrected chi connectivity index (χ3v) is 3.09. The van der Waals surface area contributed by atoms with Crippen LogP contribution < -0.4 is 5.32 Å². The van der Waals surface area contributed by atoms with Gasteiger partial charge in [-0.25, -0.2) is 0 Å². The van der Waals surface area contributed by atoms with Gasteiger partial charge in [0.05, 0.1) is 30.1 Å². The van der Waals surface area contributed by atoms with Crippen molar-refractivity contribution in [1.29, 1.82) is 0 Å². The summed E-state index contributed by atoms with van der Waals surface area (Å²) in [5.41, 5.74) is 0.0510. The number of aliphatic hydroxyl groups excluding tert-OH is 1. The molecular formula is C11H15N3O2. The van der Waals surface area contributed by atoms with Gasteiger partial charge in [-0.2, -0.15) is 10.2 Å². The second kappa shape index (κ2) is 4.57. The topological polar surface area (TPSA) is 75.1 Å². The summed E-state index contributed by atoms with van der Waals surface area (Å²) in [4.78, 5) is 11.9. The van der Waals surface area contributed by atoms with Crippen molar-refractivity contribution in [2.75, 3.05) is 6.61 Å². The Morgan fingerprint density at radius 3 is 2.75 bits per heavy atom. The number of amides is 1. The number of rotatable bonds is 3. The quantitative estimate of drug-likeness (QED) is 0.780. The Balaban J connectivity index is 2.07. The molecule has 2 N–H and O–H groups in total. The first-order chi connectivity index (χ1) is 7.76. The van der Waals surface area contributed by atoms with Gasteiger partial charge in [-0.05, 0) is 18.9 Å². The highest BCUT2D eigenvalue weighted by Gasteiger charge is 2.34. The van der Waals surface area contributed by atoms with Gasteiger partial charge in [0.1, 0.15) is 0 Å². The molecule has 1 amide bonds. The number of hydrogen-bond donors (Lipinski definition) is 2. The summed E-state index contributed by atoms with van der Waals surface area (Å²) in [5, 5.41) is 19.5. The molecular weight excluding hydrogens is 206 g/mol. The van der Waals surface area contributed by atoms with Crippen molar-refractivity contribution >= 4 is 5.91 Å². The number of aromatic nitrogens is 2. The molecule has 0 radical (unpaired) electrons. The molecule has 1 heterocycles. The number of hydrogen-bond acceptors (Lipinski definition) is 4. The lowest BCUT2D eigenvalue weighted by Gasteiger charge is -2.27. The number of nitrogens with one attached hydrogen (secondary N) is 1. The van der Waals surface area contributed by atoms with Crippen LogP contribution in [0.15, 0.2) is 18.5 Å². The van der Waals surface area contributed by atoms with Crippen LogP contribution in [0.25, 0.3) is 0 Å². The van der Waals surface area contributed by atoms with Crippen LogP contribution in [0.4, 0.5) is 0 Å². The molecule has 1 fully saturated rings. The van der Waals surface area contributed by atoms with E-state index in [-0.39, 0.29) is 12.5 Å². The maximum absolute atomic E-state index is 11.9. The summed E-state index contributed by atoms with van der Waals surface area (Å²) in [7, 11) is 0. The maximum Gasteiger partial charge on any atom is 0.253 e. The zero-order valence-electron chi connectivity index (χ0n) is 9.02. The van der Waals surface area contributed by atoms with Gasteiger partial charge in [-0.15, -0.1) is 0 Å². The van der Waals surface area contributed by atoms with Crippen molar-refractivity contribution in [3.63, 3.8) is 0 Å². The lowest BCUT2D eigenvalue weighted by atomic mass is 9.98. The van der Waals surface area contributed by atoms with E-state index in [4.69, 9.17) is 0 Å². The second-order valence-electron chi connectivity index (χ2n) is 4.23. The molecule has 1 saturated carbocycles. The largest absolute Gasteiger partial charge is 0.394 e. The van der Waals surface area contributed by atoms with Gasteiger partial charge in [0, 0.05) is 0 Å². The monoisotopic (exact) mass is 221 g/mol. The first kappa shape index (κ1) is 11.0. The van der Waals surface area contributed by atoms with E-state index in [0.29, 0.717) is 5.56 Å². The predicted molar refractivity (Wildman–Crippen MR) is 57.8 cm³/mol. The molecule has 0 spiro atoms. The first-order valence-corrected chi connectivity index (χ1v) is 5.46. The van der Waals surface area contributed by atoms with Crippen LogP contribution in [-0.4, -0.2) is 33.4 Å². The molecule has 86 valence electrons. The van der Waals surface area contributed by atoms with Crippen LogP contribution in [0.5, 0.6) is 0 Å². The number of carbonyl (C=O) groups excluding carboxylic acids is 1. The van der Waals surface area contributed by atoms with E-state index >= 15 is 0 Å². The SMILES string of the molecule is O=C(NC1(CO)CCCC1)c1ccnnc1. The molecule has 2 rings (SSSR count). The molecule has 1 aromatic heterocycles. The summed E-state index contributed by atoms with van der Waals surface area (Å²) in [6.07, 6.45) is 6.69. The zero-order chi connectivity index (χ0) is 11.4. The molecule has 0 atom stereocenters.